The van der Waals surface area contributed by atoms with Crippen molar-refractivity contribution in [2.45, 2.75) is 27.2 Å². The fourth-order valence-corrected chi connectivity index (χ4v) is 3.15. The van der Waals surface area contributed by atoms with E-state index in [2.05, 4.69) is 29.3 Å². The second-order valence-corrected chi connectivity index (χ2v) is 6.28. The van der Waals surface area contributed by atoms with Crippen molar-refractivity contribution in [1.29, 1.82) is 0 Å². The number of hydrogen-bond donors (Lipinski definition) is 1. The molecule has 0 atom stereocenters. The number of fused-ring (bicyclic) bond motifs is 1. The van der Waals surface area contributed by atoms with Gasteiger partial charge in [0.25, 0.3) is 5.91 Å². The van der Waals surface area contributed by atoms with Crippen molar-refractivity contribution in [3.05, 3.63) is 53.1 Å². The number of amides is 1. The van der Waals surface area contributed by atoms with Crippen LogP contribution in [0.5, 0.6) is 5.75 Å². The van der Waals surface area contributed by atoms with Crippen LogP contribution in [0.25, 0.3) is 0 Å². The van der Waals surface area contributed by atoms with Crippen LogP contribution in [0, 0.1) is 13.8 Å². The number of likely N-dealkylation sites (N-methyl/N-ethyl adjacent to an activating group) is 1. The molecule has 0 unspecified atom stereocenters. The minimum atomic E-state index is -0.143. The molecule has 2 aromatic rings. The molecule has 126 valence electrons. The van der Waals surface area contributed by atoms with Crippen LogP contribution in [0.15, 0.2) is 36.4 Å². The van der Waals surface area contributed by atoms with Gasteiger partial charge in [0.05, 0.1) is 0 Å². The van der Waals surface area contributed by atoms with E-state index in [-0.39, 0.29) is 12.5 Å². The Hall–Kier alpha value is -2.49. The molecule has 4 heteroatoms. The molecule has 0 aromatic heterocycles. The second-order valence-electron chi connectivity index (χ2n) is 6.28. The van der Waals surface area contributed by atoms with E-state index < -0.39 is 0 Å². The molecule has 1 N–H and O–H groups in total. The molecular weight excluding hydrogens is 300 g/mol. The molecule has 0 bridgehead atoms. The molecule has 0 radical (unpaired) electrons. The van der Waals surface area contributed by atoms with Crippen molar-refractivity contribution < 1.29 is 9.53 Å². The van der Waals surface area contributed by atoms with E-state index in [1.165, 1.54) is 16.8 Å². The van der Waals surface area contributed by atoms with Crippen LogP contribution in [-0.2, 0) is 11.2 Å². The molecule has 0 saturated heterocycles. The van der Waals surface area contributed by atoms with E-state index in [1.807, 2.05) is 38.1 Å². The molecule has 24 heavy (non-hydrogen) atoms. The summed E-state index contributed by atoms with van der Waals surface area (Å²) in [6.07, 6.45) is 1.08. The van der Waals surface area contributed by atoms with E-state index in [0.29, 0.717) is 0 Å². The quantitative estimate of drug-likeness (QED) is 0.912. The number of ether oxygens (including phenoxy) is 1. The van der Waals surface area contributed by atoms with Gasteiger partial charge in [0.2, 0.25) is 0 Å². The molecule has 0 saturated carbocycles. The highest BCUT2D eigenvalue weighted by molar-refractivity contribution is 5.92. The van der Waals surface area contributed by atoms with Crippen LogP contribution in [0.2, 0.25) is 0 Å². The Labute approximate surface area is 143 Å². The topological polar surface area (TPSA) is 41.6 Å². The van der Waals surface area contributed by atoms with Crippen LogP contribution in [0.1, 0.15) is 23.6 Å². The van der Waals surface area contributed by atoms with Gasteiger partial charge >= 0.3 is 0 Å². The molecule has 1 aliphatic heterocycles. The minimum absolute atomic E-state index is 0.0124. The zero-order valence-corrected chi connectivity index (χ0v) is 14.6. The third kappa shape index (κ3) is 3.53. The summed E-state index contributed by atoms with van der Waals surface area (Å²) in [5, 5.41) is 2.93. The highest BCUT2D eigenvalue weighted by Crippen LogP contribution is 2.30. The third-order valence-electron chi connectivity index (χ3n) is 4.43. The summed E-state index contributed by atoms with van der Waals surface area (Å²) in [4.78, 5) is 14.5. The van der Waals surface area contributed by atoms with Gasteiger partial charge in [0.1, 0.15) is 5.75 Å². The highest BCUT2D eigenvalue weighted by Gasteiger charge is 2.18. The summed E-state index contributed by atoms with van der Waals surface area (Å²) in [6, 6.07) is 12.1. The number of hydrogen-bond acceptors (Lipinski definition) is 3. The zero-order valence-electron chi connectivity index (χ0n) is 14.6. The van der Waals surface area contributed by atoms with E-state index in [9.17, 15) is 4.79 Å². The first-order chi connectivity index (χ1) is 11.6. The van der Waals surface area contributed by atoms with Crippen LogP contribution in [0.4, 0.5) is 11.4 Å². The largest absolute Gasteiger partial charge is 0.483 e. The summed E-state index contributed by atoms with van der Waals surface area (Å²) >= 11 is 0. The Kier molecular flexibility index (Phi) is 4.74. The molecule has 1 amide bonds. The summed E-state index contributed by atoms with van der Waals surface area (Å²) in [7, 11) is 0. The summed E-state index contributed by atoms with van der Waals surface area (Å²) < 4.78 is 5.64. The Morgan fingerprint density at radius 3 is 2.79 bits per heavy atom. The minimum Gasteiger partial charge on any atom is -0.483 e. The first-order valence-electron chi connectivity index (χ1n) is 8.44. The van der Waals surface area contributed by atoms with Gasteiger partial charge in [-0.3, -0.25) is 4.79 Å². The lowest BCUT2D eigenvalue weighted by molar-refractivity contribution is -0.118. The third-order valence-corrected chi connectivity index (χ3v) is 4.43. The number of aryl methyl sites for hydroxylation is 2. The van der Waals surface area contributed by atoms with Gasteiger partial charge in [-0.1, -0.05) is 23.8 Å². The molecular formula is C20H24N2O2. The average molecular weight is 324 g/mol. The van der Waals surface area contributed by atoms with Crippen molar-refractivity contribution >= 4 is 17.3 Å². The van der Waals surface area contributed by atoms with Crippen molar-refractivity contribution in [3.8, 4) is 5.75 Å². The average Bonchev–Trinajstić information content (AvgIpc) is 2.96. The lowest BCUT2D eigenvalue weighted by Gasteiger charge is -2.17. The van der Waals surface area contributed by atoms with Crippen molar-refractivity contribution in [2.24, 2.45) is 0 Å². The molecule has 0 fully saturated rings. The monoisotopic (exact) mass is 324 g/mol. The van der Waals surface area contributed by atoms with E-state index >= 15 is 0 Å². The summed E-state index contributed by atoms with van der Waals surface area (Å²) in [5.74, 6) is 0.609. The Balaban J connectivity index is 1.61. The molecule has 1 aliphatic rings. The number of carbonyl (C=O) groups excluding carboxylic acids is 1. The maximum absolute atomic E-state index is 12.2. The Morgan fingerprint density at radius 2 is 2.04 bits per heavy atom. The van der Waals surface area contributed by atoms with Crippen LogP contribution >= 0.6 is 0 Å². The fraction of sp³-hybridized carbons (Fsp3) is 0.350. The maximum Gasteiger partial charge on any atom is 0.262 e. The van der Waals surface area contributed by atoms with E-state index in [1.54, 1.807) is 0 Å². The standard InChI is InChI=1S/C20H24N2O2/c1-4-22-10-9-16-6-7-17(12-18(16)22)21-20(23)13-24-19-8-5-14(2)11-15(19)3/h5-8,11-12H,4,9-10,13H2,1-3H3,(H,21,23). The lowest BCUT2D eigenvalue weighted by Crippen LogP contribution is -2.21. The van der Waals surface area contributed by atoms with Crippen LogP contribution in [0.3, 0.4) is 0 Å². The summed E-state index contributed by atoms with van der Waals surface area (Å²) in [5.41, 5.74) is 5.62. The van der Waals surface area contributed by atoms with Crippen molar-refractivity contribution in [3.63, 3.8) is 0 Å². The van der Waals surface area contributed by atoms with Gasteiger partial charge in [-0.05, 0) is 56.5 Å². The molecule has 0 aliphatic carbocycles. The number of benzene rings is 2. The molecule has 2 aromatic carbocycles. The normalized spacial score (nSPS) is 12.9. The van der Waals surface area contributed by atoms with Gasteiger partial charge in [0.15, 0.2) is 6.61 Å². The highest BCUT2D eigenvalue weighted by atomic mass is 16.5. The number of nitrogens with zero attached hydrogens (tertiary/aromatic N) is 1. The molecule has 4 nitrogen and oxygen atoms in total. The smallest absolute Gasteiger partial charge is 0.262 e. The Morgan fingerprint density at radius 1 is 1.21 bits per heavy atom. The number of nitrogens with one attached hydrogen (secondary N) is 1. The van der Waals surface area contributed by atoms with Crippen molar-refractivity contribution in [1.82, 2.24) is 0 Å². The van der Waals surface area contributed by atoms with Crippen molar-refractivity contribution in [2.75, 3.05) is 29.9 Å². The molecule has 1 heterocycles. The first-order valence-corrected chi connectivity index (χ1v) is 8.44. The van der Waals surface area contributed by atoms with Gasteiger partial charge in [-0.2, -0.15) is 0 Å². The molecule has 3 rings (SSSR count). The van der Waals surface area contributed by atoms with Crippen LogP contribution < -0.4 is 15.0 Å². The van der Waals surface area contributed by atoms with Gasteiger partial charge < -0.3 is 15.0 Å². The van der Waals surface area contributed by atoms with E-state index in [0.717, 1.165) is 36.5 Å². The first kappa shape index (κ1) is 16.4. The van der Waals surface area contributed by atoms with Gasteiger partial charge in [-0.25, -0.2) is 0 Å². The SMILES string of the molecule is CCN1CCc2ccc(NC(=O)COc3ccc(C)cc3C)cc21. The van der Waals surface area contributed by atoms with Crippen LogP contribution in [-0.4, -0.2) is 25.6 Å². The number of rotatable bonds is 5. The number of anilines is 2. The fourth-order valence-electron chi connectivity index (χ4n) is 3.15. The Bertz CT molecular complexity index is 755. The van der Waals surface area contributed by atoms with Gasteiger partial charge in [-0.15, -0.1) is 0 Å². The number of carbonyl (C=O) groups is 1. The maximum atomic E-state index is 12.2. The van der Waals surface area contributed by atoms with E-state index in [4.69, 9.17) is 4.74 Å². The summed E-state index contributed by atoms with van der Waals surface area (Å²) in [6.45, 7) is 8.23. The van der Waals surface area contributed by atoms with Gasteiger partial charge in [0, 0.05) is 24.5 Å². The zero-order chi connectivity index (χ0) is 17.1. The second kappa shape index (κ2) is 6.95. The molecule has 0 spiro atoms. The predicted molar refractivity (Wildman–Crippen MR) is 98.1 cm³/mol. The predicted octanol–water partition coefficient (Wildman–Crippen LogP) is 3.70. The lowest BCUT2D eigenvalue weighted by atomic mass is 10.1.